The van der Waals surface area contributed by atoms with E-state index in [-0.39, 0.29) is 43.2 Å². The molecule has 0 radical (unpaired) electrons. The minimum absolute atomic E-state index is 0.00781. The summed E-state index contributed by atoms with van der Waals surface area (Å²) in [6.45, 7) is 2.55. The Labute approximate surface area is 255 Å². The molecule has 4 rings (SSSR count). The molecule has 2 aromatic carbocycles. The molecular formula is C30H37ClN6O6. The van der Waals surface area contributed by atoms with E-state index in [9.17, 15) is 24.3 Å². The molecule has 230 valence electrons. The lowest BCUT2D eigenvalue weighted by Crippen LogP contribution is -2.50. The first-order valence-electron chi connectivity index (χ1n) is 14.3. The lowest BCUT2D eigenvalue weighted by molar-refractivity contribution is -0.140. The maximum Gasteiger partial charge on any atom is 0.408 e. The zero-order chi connectivity index (χ0) is 30.6. The SMILES string of the molecule is O=C(N[C@@H](CNC(=O)C1CCN(C(=O)CC(CNC2=NCCN2)c2ccc(Cl)cc2)CC1)C(=O)O)OCc1ccccc1. The van der Waals surface area contributed by atoms with E-state index in [1.54, 1.807) is 29.2 Å². The molecule has 2 aliphatic rings. The number of aliphatic imine (C=N–C) groups is 1. The molecule has 43 heavy (non-hydrogen) atoms. The highest BCUT2D eigenvalue weighted by Crippen LogP contribution is 2.24. The summed E-state index contributed by atoms with van der Waals surface area (Å²) in [5.74, 6) is -1.36. The molecule has 3 amide bonds. The number of benzene rings is 2. The Balaban J connectivity index is 1.22. The second-order valence-electron chi connectivity index (χ2n) is 10.5. The number of aliphatic carboxylic acids is 1. The Morgan fingerprint density at radius 1 is 1.05 bits per heavy atom. The highest BCUT2D eigenvalue weighted by Gasteiger charge is 2.30. The summed E-state index contributed by atoms with van der Waals surface area (Å²) in [7, 11) is 0. The summed E-state index contributed by atoms with van der Waals surface area (Å²) in [5.41, 5.74) is 1.75. The molecule has 0 aliphatic carbocycles. The van der Waals surface area contributed by atoms with Gasteiger partial charge in [0.15, 0.2) is 5.96 Å². The second kappa shape index (κ2) is 15.8. The van der Waals surface area contributed by atoms with Gasteiger partial charge in [0.05, 0.1) is 6.54 Å². The topological polar surface area (TPSA) is 161 Å². The number of carbonyl (C=O) groups excluding carboxylic acids is 3. The quantitative estimate of drug-likeness (QED) is 0.243. The van der Waals surface area contributed by atoms with Gasteiger partial charge in [0.1, 0.15) is 12.6 Å². The van der Waals surface area contributed by atoms with Crippen LogP contribution in [0.4, 0.5) is 4.79 Å². The Morgan fingerprint density at radius 2 is 1.77 bits per heavy atom. The number of amides is 3. The summed E-state index contributed by atoms with van der Waals surface area (Å²) >= 11 is 6.07. The number of nitrogens with one attached hydrogen (secondary N) is 4. The summed E-state index contributed by atoms with van der Waals surface area (Å²) in [5, 5.41) is 21.5. The number of guanidine groups is 1. The van der Waals surface area contributed by atoms with Gasteiger partial charge in [-0.2, -0.15) is 0 Å². The van der Waals surface area contributed by atoms with Crippen LogP contribution < -0.4 is 21.3 Å². The standard InChI is InChI=1S/C30H37ClN6O6/c31-24-8-6-21(7-9-24)23(17-35-29-32-12-13-33-29)16-26(38)37-14-10-22(11-15-37)27(39)34-18-25(28(40)41)36-30(42)43-19-20-4-2-1-3-5-20/h1-9,22-23,25H,10-19H2,(H,34,39)(H,36,42)(H,40,41)(H2,32,33,35)/t23?,25-/m0/s1. The Kier molecular flexibility index (Phi) is 11.6. The molecule has 0 saturated carbocycles. The van der Waals surface area contributed by atoms with E-state index in [4.69, 9.17) is 16.3 Å². The van der Waals surface area contributed by atoms with Gasteiger partial charge in [-0.15, -0.1) is 0 Å². The van der Waals surface area contributed by atoms with Crippen LogP contribution >= 0.6 is 11.6 Å². The van der Waals surface area contributed by atoms with Crippen LogP contribution in [0.3, 0.4) is 0 Å². The van der Waals surface area contributed by atoms with Gasteiger partial charge in [-0.1, -0.05) is 54.1 Å². The average Bonchev–Trinajstić information content (AvgIpc) is 3.55. The third kappa shape index (κ3) is 9.88. The summed E-state index contributed by atoms with van der Waals surface area (Å²) < 4.78 is 5.09. The van der Waals surface area contributed by atoms with Crippen LogP contribution in [-0.4, -0.2) is 85.2 Å². The number of ether oxygens (including phenoxy) is 1. The fraction of sp³-hybridized carbons (Fsp3) is 0.433. The van der Waals surface area contributed by atoms with Crippen molar-refractivity contribution in [3.8, 4) is 0 Å². The normalized spacial score (nSPS) is 16.3. The van der Waals surface area contributed by atoms with E-state index >= 15 is 0 Å². The number of carboxylic acid groups (broad SMARTS) is 1. The smallest absolute Gasteiger partial charge is 0.408 e. The number of likely N-dealkylation sites (tertiary alicyclic amines) is 1. The average molecular weight is 613 g/mol. The number of hydrogen-bond donors (Lipinski definition) is 5. The molecule has 2 atom stereocenters. The zero-order valence-electron chi connectivity index (χ0n) is 23.8. The Morgan fingerprint density at radius 3 is 2.42 bits per heavy atom. The Bertz CT molecular complexity index is 1280. The van der Waals surface area contributed by atoms with Gasteiger partial charge in [0, 0.05) is 56.0 Å². The first-order chi connectivity index (χ1) is 20.8. The molecule has 0 bridgehead atoms. The monoisotopic (exact) mass is 612 g/mol. The first-order valence-corrected chi connectivity index (χ1v) is 14.7. The van der Waals surface area contributed by atoms with E-state index in [0.717, 1.165) is 23.6 Å². The molecule has 13 heteroatoms. The van der Waals surface area contributed by atoms with Gasteiger partial charge >= 0.3 is 12.1 Å². The van der Waals surface area contributed by atoms with E-state index < -0.39 is 18.1 Å². The largest absolute Gasteiger partial charge is 0.480 e. The number of piperidine rings is 1. The predicted octanol–water partition coefficient (Wildman–Crippen LogP) is 2.10. The number of carbonyl (C=O) groups is 4. The minimum atomic E-state index is -1.35. The first kappa shape index (κ1) is 31.6. The van der Waals surface area contributed by atoms with E-state index in [1.165, 1.54) is 0 Å². The van der Waals surface area contributed by atoms with Crippen molar-refractivity contribution in [3.63, 3.8) is 0 Å². The van der Waals surface area contributed by atoms with Crippen LogP contribution in [0.2, 0.25) is 5.02 Å². The van der Waals surface area contributed by atoms with Gasteiger partial charge in [0.2, 0.25) is 11.8 Å². The van der Waals surface area contributed by atoms with Crippen molar-refractivity contribution in [3.05, 3.63) is 70.7 Å². The van der Waals surface area contributed by atoms with Gasteiger partial charge in [-0.3, -0.25) is 14.6 Å². The molecular weight excluding hydrogens is 576 g/mol. The number of alkyl carbamates (subject to hydrolysis) is 1. The van der Waals surface area contributed by atoms with E-state index in [1.807, 2.05) is 30.3 Å². The van der Waals surface area contributed by atoms with E-state index in [2.05, 4.69) is 26.3 Å². The molecule has 5 N–H and O–H groups in total. The number of rotatable bonds is 12. The van der Waals surface area contributed by atoms with Gasteiger partial charge < -0.3 is 36.0 Å². The molecule has 0 aromatic heterocycles. The van der Waals surface area contributed by atoms with Crippen LogP contribution in [0.5, 0.6) is 0 Å². The second-order valence-corrected chi connectivity index (χ2v) is 10.9. The van der Waals surface area contributed by atoms with E-state index in [0.29, 0.717) is 44.0 Å². The van der Waals surface area contributed by atoms with Crippen LogP contribution in [0.1, 0.15) is 36.3 Å². The van der Waals surface area contributed by atoms with Crippen molar-refractivity contribution in [1.82, 2.24) is 26.2 Å². The number of halogens is 1. The fourth-order valence-corrected chi connectivity index (χ4v) is 5.09. The highest BCUT2D eigenvalue weighted by molar-refractivity contribution is 6.30. The third-order valence-electron chi connectivity index (χ3n) is 7.45. The molecule has 2 heterocycles. The summed E-state index contributed by atoms with van der Waals surface area (Å²) in [4.78, 5) is 56.0. The van der Waals surface area contributed by atoms with Gasteiger partial charge in [-0.25, -0.2) is 9.59 Å². The molecule has 1 unspecified atom stereocenters. The molecule has 2 aromatic rings. The van der Waals surface area contributed by atoms with Crippen LogP contribution in [-0.2, 0) is 25.7 Å². The molecule has 1 saturated heterocycles. The van der Waals surface area contributed by atoms with Crippen molar-refractivity contribution in [2.24, 2.45) is 10.9 Å². The number of nitrogens with zero attached hydrogens (tertiary/aromatic N) is 2. The summed E-state index contributed by atoms with van der Waals surface area (Å²) in [6, 6.07) is 15.1. The highest BCUT2D eigenvalue weighted by atomic mass is 35.5. The fourth-order valence-electron chi connectivity index (χ4n) is 4.96. The molecule has 1 fully saturated rings. The van der Waals surface area contributed by atoms with Crippen LogP contribution in [0, 0.1) is 5.92 Å². The number of carboxylic acids is 1. The van der Waals surface area contributed by atoms with Crippen molar-refractivity contribution in [2.45, 2.75) is 37.8 Å². The molecule has 0 spiro atoms. The van der Waals surface area contributed by atoms with Crippen molar-refractivity contribution < 1.29 is 29.0 Å². The summed E-state index contributed by atoms with van der Waals surface area (Å²) in [6.07, 6.45) is 0.293. The lowest BCUT2D eigenvalue weighted by Gasteiger charge is -2.32. The van der Waals surface area contributed by atoms with Crippen LogP contribution in [0.15, 0.2) is 59.6 Å². The Hall–Kier alpha value is -4.32. The van der Waals surface area contributed by atoms with Crippen molar-refractivity contribution in [1.29, 1.82) is 0 Å². The van der Waals surface area contributed by atoms with Gasteiger partial charge in [-0.05, 0) is 36.1 Å². The van der Waals surface area contributed by atoms with Crippen molar-refractivity contribution >= 4 is 41.4 Å². The van der Waals surface area contributed by atoms with Crippen molar-refractivity contribution in [2.75, 3.05) is 39.3 Å². The maximum absolute atomic E-state index is 13.3. The molecule has 12 nitrogen and oxygen atoms in total. The lowest BCUT2D eigenvalue weighted by atomic mass is 9.92. The maximum atomic E-state index is 13.3. The minimum Gasteiger partial charge on any atom is -0.480 e. The van der Waals surface area contributed by atoms with Crippen LogP contribution in [0.25, 0.3) is 0 Å². The molecule has 2 aliphatic heterocycles. The van der Waals surface area contributed by atoms with Gasteiger partial charge in [0.25, 0.3) is 0 Å². The third-order valence-corrected chi connectivity index (χ3v) is 7.71. The predicted molar refractivity (Wildman–Crippen MR) is 161 cm³/mol. The number of hydrogen-bond acceptors (Lipinski definition) is 8. The zero-order valence-corrected chi connectivity index (χ0v) is 24.5.